The van der Waals surface area contributed by atoms with Crippen molar-refractivity contribution in [3.05, 3.63) is 34.9 Å². The summed E-state index contributed by atoms with van der Waals surface area (Å²) < 4.78 is 5.32. The van der Waals surface area contributed by atoms with Crippen LogP contribution in [0.3, 0.4) is 0 Å². The summed E-state index contributed by atoms with van der Waals surface area (Å²) in [5.41, 5.74) is 0.474. The first kappa shape index (κ1) is 19.1. The van der Waals surface area contributed by atoms with Crippen LogP contribution in [-0.2, 0) is 4.74 Å². The van der Waals surface area contributed by atoms with Crippen LogP contribution < -0.4 is 10.6 Å². The fraction of sp³-hybridized carbons (Fsp3) is 0.632. The molecular weight excluding hydrogens is 324 g/mol. The van der Waals surface area contributed by atoms with E-state index in [1.807, 2.05) is 46.8 Å². The van der Waals surface area contributed by atoms with Crippen molar-refractivity contribution in [3.63, 3.8) is 0 Å². The second-order valence-corrected chi connectivity index (χ2v) is 8.75. The number of nitrogens with one attached hydrogen (secondary N) is 2. The first-order valence-electron chi connectivity index (χ1n) is 8.54. The van der Waals surface area contributed by atoms with E-state index in [1.54, 1.807) is 0 Å². The van der Waals surface area contributed by atoms with Crippen LogP contribution in [0.2, 0.25) is 5.02 Å². The highest BCUT2D eigenvalue weighted by molar-refractivity contribution is 6.30. The number of carbonyl (C=O) groups excluding carboxylic acids is 1. The lowest BCUT2D eigenvalue weighted by atomic mass is 9.75. The molecule has 1 aromatic rings. The van der Waals surface area contributed by atoms with Gasteiger partial charge in [0.1, 0.15) is 5.60 Å². The van der Waals surface area contributed by atoms with Crippen LogP contribution in [0.1, 0.15) is 58.9 Å². The summed E-state index contributed by atoms with van der Waals surface area (Å²) >= 11 is 6.05. The SMILES string of the molecule is CC(C)(CNC1CC(c2cccc(Cl)c2)C1)NC(=O)OC(C)(C)C. The number of hydrogen-bond acceptors (Lipinski definition) is 3. The third kappa shape index (κ3) is 5.99. The van der Waals surface area contributed by atoms with E-state index >= 15 is 0 Å². The minimum Gasteiger partial charge on any atom is -0.444 e. The van der Waals surface area contributed by atoms with E-state index in [4.69, 9.17) is 16.3 Å². The number of ether oxygens (including phenoxy) is 1. The molecule has 0 saturated heterocycles. The third-order valence-electron chi connectivity index (χ3n) is 4.13. The molecule has 1 saturated carbocycles. The van der Waals surface area contributed by atoms with Crippen molar-refractivity contribution in [3.8, 4) is 0 Å². The van der Waals surface area contributed by atoms with Crippen molar-refractivity contribution in [2.45, 2.75) is 70.6 Å². The normalized spacial score (nSPS) is 21.1. The van der Waals surface area contributed by atoms with Crippen molar-refractivity contribution in [1.82, 2.24) is 10.6 Å². The quantitative estimate of drug-likeness (QED) is 0.821. The van der Waals surface area contributed by atoms with Gasteiger partial charge in [-0.25, -0.2) is 4.79 Å². The van der Waals surface area contributed by atoms with Gasteiger partial charge >= 0.3 is 6.09 Å². The summed E-state index contributed by atoms with van der Waals surface area (Å²) in [7, 11) is 0. The van der Waals surface area contributed by atoms with Crippen LogP contribution in [0.5, 0.6) is 0 Å². The summed E-state index contributed by atoms with van der Waals surface area (Å²) in [6.45, 7) is 10.3. The number of alkyl carbamates (subject to hydrolysis) is 1. The summed E-state index contributed by atoms with van der Waals surface area (Å²) in [4.78, 5) is 11.9. The number of hydrogen-bond donors (Lipinski definition) is 2. The van der Waals surface area contributed by atoms with Crippen LogP contribution in [0.4, 0.5) is 4.79 Å². The lowest BCUT2D eigenvalue weighted by Crippen LogP contribution is -2.54. The van der Waals surface area contributed by atoms with Gasteiger partial charge in [-0.05, 0) is 71.1 Å². The molecule has 1 aromatic carbocycles. The monoisotopic (exact) mass is 352 g/mol. The molecule has 0 atom stereocenters. The van der Waals surface area contributed by atoms with Gasteiger partial charge in [0.25, 0.3) is 0 Å². The van der Waals surface area contributed by atoms with E-state index in [2.05, 4.69) is 22.8 Å². The van der Waals surface area contributed by atoms with E-state index in [-0.39, 0.29) is 11.6 Å². The van der Waals surface area contributed by atoms with Gasteiger partial charge in [-0.3, -0.25) is 0 Å². The molecule has 0 aromatic heterocycles. The maximum atomic E-state index is 11.9. The standard InChI is InChI=1S/C19H29ClN2O2/c1-18(2,3)24-17(23)22-19(4,5)12-21-16-10-14(11-16)13-7-6-8-15(20)9-13/h6-9,14,16,21H,10-12H2,1-5H3,(H,22,23). The van der Waals surface area contributed by atoms with Gasteiger partial charge in [0.15, 0.2) is 0 Å². The van der Waals surface area contributed by atoms with Crippen molar-refractivity contribution in [2.75, 3.05) is 6.54 Å². The molecule has 134 valence electrons. The molecule has 1 aliphatic rings. The van der Waals surface area contributed by atoms with E-state index in [0.29, 0.717) is 18.5 Å². The molecule has 24 heavy (non-hydrogen) atoms. The highest BCUT2D eigenvalue weighted by Crippen LogP contribution is 2.37. The maximum Gasteiger partial charge on any atom is 0.408 e. The van der Waals surface area contributed by atoms with Gasteiger partial charge in [0.05, 0.1) is 5.54 Å². The van der Waals surface area contributed by atoms with Gasteiger partial charge in [-0.2, -0.15) is 0 Å². The molecule has 0 unspecified atom stereocenters. The zero-order valence-electron chi connectivity index (χ0n) is 15.3. The third-order valence-corrected chi connectivity index (χ3v) is 4.37. The Hall–Kier alpha value is -1.26. The molecule has 1 amide bonds. The topological polar surface area (TPSA) is 50.4 Å². The van der Waals surface area contributed by atoms with Crippen molar-refractivity contribution < 1.29 is 9.53 Å². The first-order chi connectivity index (χ1) is 11.0. The molecule has 0 aliphatic heterocycles. The molecule has 5 heteroatoms. The zero-order chi connectivity index (χ0) is 18.0. The van der Waals surface area contributed by atoms with Gasteiger partial charge in [0, 0.05) is 17.6 Å². The number of amides is 1. The minimum atomic E-state index is -0.480. The Labute approximate surface area is 150 Å². The number of benzene rings is 1. The van der Waals surface area contributed by atoms with Crippen LogP contribution in [0.15, 0.2) is 24.3 Å². The largest absolute Gasteiger partial charge is 0.444 e. The molecule has 2 N–H and O–H groups in total. The van der Waals surface area contributed by atoms with E-state index < -0.39 is 5.60 Å². The number of halogens is 1. The summed E-state index contributed by atoms with van der Waals surface area (Å²) in [6.07, 6.45) is 1.82. The second-order valence-electron chi connectivity index (χ2n) is 8.31. The molecule has 1 aliphatic carbocycles. The van der Waals surface area contributed by atoms with Gasteiger partial charge < -0.3 is 15.4 Å². The van der Waals surface area contributed by atoms with Crippen LogP contribution in [0, 0.1) is 0 Å². The van der Waals surface area contributed by atoms with Gasteiger partial charge in [-0.15, -0.1) is 0 Å². The molecule has 0 radical (unpaired) electrons. The number of rotatable bonds is 5. The Morgan fingerprint density at radius 1 is 1.25 bits per heavy atom. The molecule has 0 bridgehead atoms. The molecule has 0 heterocycles. The average Bonchev–Trinajstić information content (AvgIpc) is 2.33. The van der Waals surface area contributed by atoms with Crippen molar-refractivity contribution in [2.24, 2.45) is 0 Å². The van der Waals surface area contributed by atoms with Crippen molar-refractivity contribution in [1.29, 1.82) is 0 Å². The molecule has 0 spiro atoms. The van der Waals surface area contributed by atoms with Crippen LogP contribution in [-0.4, -0.2) is 29.8 Å². The molecule has 4 nitrogen and oxygen atoms in total. The Morgan fingerprint density at radius 3 is 2.50 bits per heavy atom. The zero-order valence-corrected chi connectivity index (χ0v) is 16.0. The number of carbonyl (C=O) groups is 1. The summed E-state index contributed by atoms with van der Waals surface area (Å²) in [5, 5.41) is 7.26. The predicted octanol–water partition coefficient (Wildman–Crippen LogP) is 4.48. The Kier molecular flexibility index (Phi) is 5.82. The lowest BCUT2D eigenvalue weighted by Gasteiger charge is -2.39. The van der Waals surface area contributed by atoms with Gasteiger partial charge in [-0.1, -0.05) is 23.7 Å². The molecular formula is C19H29ClN2O2. The Balaban J connectivity index is 1.73. The summed E-state index contributed by atoms with van der Waals surface area (Å²) in [6, 6.07) is 8.59. The Bertz CT molecular complexity index is 575. The van der Waals surface area contributed by atoms with Crippen molar-refractivity contribution >= 4 is 17.7 Å². The smallest absolute Gasteiger partial charge is 0.408 e. The average molecular weight is 353 g/mol. The predicted molar refractivity (Wildman–Crippen MR) is 98.7 cm³/mol. The maximum absolute atomic E-state index is 11.9. The van der Waals surface area contributed by atoms with E-state index in [0.717, 1.165) is 17.9 Å². The van der Waals surface area contributed by atoms with Crippen LogP contribution in [0.25, 0.3) is 0 Å². The Morgan fingerprint density at radius 2 is 1.92 bits per heavy atom. The first-order valence-corrected chi connectivity index (χ1v) is 8.92. The molecule has 1 fully saturated rings. The second kappa shape index (κ2) is 7.32. The van der Waals surface area contributed by atoms with Gasteiger partial charge in [0.2, 0.25) is 0 Å². The lowest BCUT2D eigenvalue weighted by molar-refractivity contribution is 0.0468. The van der Waals surface area contributed by atoms with E-state index in [1.165, 1.54) is 5.56 Å². The van der Waals surface area contributed by atoms with E-state index in [9.17, 15) is 4.79 Å². The fourth-order valence-electron chi connectivity index (χ4n) is 2.84. The fourth-order valence-corrected chi connectivity index (χ4v) is 3.04. The van der Waals surface area contributed by atoms with Crippen LogP contribution >= 0.6 is 11.6 Å². The highest BCUT2D eigenvalue weighted by atomic mass is 35.5. The summed E-state index contributed by atoms with van der Waals surface area (Å²) in [5.74, 6) is 0.572. The minimum absolute atomic E-state index is 0.358. The highest BCUT2D eigenvalue weighted by Gasteiger charge is 2.32. The molecule has 2 rings (SSSR count).